The fourth-order valence-corrected chi connectivity index (χ4v) is 6.99. The molecule has 4 aromatic carbocycles. The molecule has 0 bridgehead atoms. The number of nitrogens with zero attached hydrogens (tertiary/aromatic N) is 1. The number of thiocarbonyl (C=S) groups is 1. The summed E-state index contributed by atoms with van der Waals surface area (Å²) in [5.41, 5.74) is 14.0. The Bertz CT molecular complexity index is 2080. The Morgan fingerprint density at radius 1 is 0.981 bits per heavy atom. The summed E-state index contributed by atoms with van der Waals surface area (Å²) in [5.74, 6) is 7.27. The van der Waals surface area contributed by atoms with Crippen molar-refractivity contribution < 1.29 is 19.4 Å². The Balaban J connectivity index is 0.945. The van der Waals surface area contributed by atoms with Crippen molar-refractivity contribution in [3.05, 3.63) is 155 Å². The summed E-state index contributed by atoms with van der Waals surface area (Å²) in [7, 11) is 0. The highest BCUT2D eigenvalue weighted by atomic mass is 32.1. The molecule has 54 heavy (non-hydrogen) atoms. The van der Waals surface area contributed by atoms with Gasteiger partial charge in [0.2, 0.25) is 0 Å². The summed E-state index contributed by atoms with van der Waals surface area (Å²) in [5, 5.41) is 24.6. The number of amides is 1. The van der Waals surface area contributed by atoms with Crippen molar-refractivity contribution in [2.45, 2.75) is 38.2 Å². The number of hydrogen-bond donors (Lipinski definition) is 7. The molecule has 1 atom stereocenters. The topological polar surface area (TPSA) is 159 Å². The van der Waals surface area contributed by atoms with Gasteiger partial charge in [-0.25, -0.2) is 5.84 Å². The van der Waals surface area contributed by atoms with Crippen LogP contribution in [0.1, 0.15) is 69.9 Å². The summed E-state index contributed by atoms with van der Waals surface area (Å²) in [6, 6.07) is 26.8. The standard InChI is InChI=1S/C42H47N7O4S/c1-4-5-19-46-40(51)29-10-13-34(14-11-29)49(44)26-32(43)18-22-52-28(3)45-20-21-47-41(54)48-33-12-16-39-36(25-33)27(2)53-42(39)37-9-7-6-8-30(37)23-31-24-35(50)15-17-38(31)42/h6-17,24-26,45,50H,2-5,18-23,43-44H2,1H3,(H,46,51)(H2,47,48,54)/b32-26-. The predicted molar refractivity (Wildman–Crippen MR) is 218 cm³/mol. The lowest BCUT2D eigenvalue weighted by Crippen LogP contribution is -2.35. The number of aromatic hydroxyl groups is 1. The minimum Gasteiger partial charge on any atom is -0.508 e. The van der Waals surface area contributed by atoms with Crippen molar-refractivity contribution in [1.82, 2.24) is 16.0 Å². The van der Waals surface area contributed by atoms with Gasteiger partial charge in [0, 0.05) is 71.5 Å². The molecule has 9 N–H and O–H groups in total. The number of phenolic OH excluding ortho intramolecular Hbond substituents is 1. The highest BCUT2D eigenvalue weighted by molar-refractivity contribution is 7.80. The van der Waals surface area contributed by atoms with Crippen LogP contribution in [0.5, 0.6) is 5.75 Å². The lowest BCUT2D eigenvalue weighted by atomic mass is 9.71. The molecule has 1 unspecified atom stereocenters. The van der Waals surface area contributed by atoms with Crippen LogP contribution in [0.25, 0.3) is 5.76 Å². The van der Waals surface area contributed by atoms with Crippen molar-refractivity contribution >= 4 is 40.4 Å². The van der Waals surface area contributed by atoms with E-state index in [2.05, 4.69) is 59.5 Å². The van der Waals surface area contributed by atoms with Crippen molar-refractivity contribution in [2.24, 2.45) is 11.6 Å². The quantitative estimate of drug-likeness (QED) is 0.0250. The third-order valence-electron chi connectivity index (χ3n) is 9.43. The molecule has 0 fully saturated rings. The SMILES string of the molecule is C=C(NCCNC(=S)Nc1ccc2c(c1)C(=C)OC21c2ccccc2Cc2cc(O)ccc21)OCC/C(N)=C/N(N)c1ccc(C(=O)NCCCC)cc1. The van der Waals surface area contributed by atoms with Crippen LogP contribution in [0.4, 0.5) is 11.4 Å². The Labute approximate surface area is 321 Å². The zero-order valence-electron chi connectivity index (χ0n) is 30.4. The summed E-state index contributed by atoms with van der Waals surface area (Å²) in [4.78, 5) is 12.2. The Hall–Kier alpha value is -5.98. The van der Waals surface area contributed by atoms with Crippen LogP contribution in [0.3, 0.4) is 0 Å². The molecular weight excluding hydrogens is 699 g/mol. The second-order valence-electron chi connectivity index (χ2n) is 13.2. The van der Waals surface area contributed by atoms with E-state index in [9.17, 15) is 9.90 Å². The summed E-state index contributed by atoms with van der Waals surface area (Å²) in [6.07, 6.45) is 4.72. The molecule has 0 saturated heterocycles. The van der Waals surface area contributed by atoms with Crippen LogP contribution in [-0.4, -0.2) is 42.4 Å². The molecule has 1 spiro atoms. The monoisotopic (exact) mass is 745 g/mol. The number of nitrogens with one attached hydrogen (secondary N) is 4. The van der Waals surface area contributed by atoms with Crippen LogP contribution in [0.15, 0.2) is 116 Å². The number of anilines is 2. The normalized spacial score (nSPS) is 15.3. The molecule has 6 rings (SSSR count). The molecule has 0 radical (unpaired) electrons. The van der Waals surface area contributed by atoms with Gasteiger partial charge in [0.15, 0.2) is 16.6 Å². The number of hydrogen-bond acceptors (Lipinski definition) is 9. The molecule has 1 heterocycles. The Morgan fingerprint density at radius 3 is 2.52 bits per heavy atom. The van der Waals surface area contributed by atoms with Gasteiger partial charge >= 0.3 is 0 Å². The Kier molecular flexibility index (Phi) is 11.7. The first-order valence-corrected chi connectivity index (χ1v) is 18.4. The maximum atomic E-state index is 12.2. The molecule has 1 amide bonds. The minimum atomic E-state index is -0.855. The van der Waals surface area contributed by atoms with E-state index in [0.717, 1.165) is 51.9 Å². The van der Waals surface area contributed by atoms with Crippen molar-refractivity contribution in [3.63, 3.8) is 0 Å². The van der Waals surface area contributed by atoms with Crippen LogP contribution in [0.2, 0.25) is 0 Å². The van der Waals surface area contributed by atoms with Crippen LogP contribution >= 0.6 is 12.2 Å². The lowest BCUT2D eigenvalue weighted by Gasteiger charge is -2.38. The zero-order valence-corrected chi connectivity index (χ0v) is 31.2. The van der Waals surface area contributed by atoms with Gasteiger partial charge < -0.3 is 41.6 Å². The highest BCUT2D eigenvalue weighted by Crippen LogP contribution is 2.55. The third-order valence-corrected chi connectivity index (χ3v) is 9.67. The fraction of sp³-hybridized carbons (Fsp3) is 0.238. The van der Waals surface area contributed by atoms with Gasteiger partial charge in [-0.3, -0.25) is 9.80 Å². The van der Waals surface area contributed by atoms with Gasteiger partial charge in [0.1, 0.15) is 11.5 Å². The number of hydrazine groups is 1. The van der Waals surface area contributed by atoms with E-state index < -0.39 is 5.60 Å². The Morgan fingerprint density at radius 2 is 1.72 bits per heavy atom. The molecule has 11 nitrogen and oxygen atoms in total. The second kappa shape index (κ2) is 16.8. The third kappa shape index (κ3) is 8.30. The lowest BCUT2D eigenvalue weighted by molar-refractivity contribution is 0.0953. The molecule has 4 aromatic rings. The number of rotatable bonds is 15. The van der Waals surface area contributed by atoms with Crippen LogP contribution in [0, 0.1) is 0 Å². The molecule has 0 saturated carbocycles. The van der Waals surface area contributed by atoms with E-state index in [-0.39, 0.29) is 11.7 Å². The fourth-order valence-electron chi connectivity index (χ4n) is 6.77. The maximum absolute atomic E-state index is 12.2. The number of phenols is 1. The number of unbranched alkanes of at least 4 members (excludes halogenated alkanes) is 1. The van der Waals surface area contributed by atoms with Gasteiger partial charge in [0.05, 0.1) is 12.3 Å². The van der Waals surface area contributed by atoms with Crippen molar-refractivity contribution in [1.29, 1.82) is 0 Å². The first-order valence-electron chi connectivity index (χ1n) is 18.0. The number of ether oxygens (including phenoxy) is 2. The molecule has 0 aromatic heterocycles. The van der Waals surface area contributed by atoms with Crippen molar-refractivity contribution in [3.8, 4) is 5.75 Å². The van der Waals surface area contributed by atoms with Crippen molar-refractivity contribution in [2.75, 3.05) is 36.6 Å². The second-order valence-corrected chi connectivity index (χ2v) is 13.6. The average Bonchev–Trinajstić information content (AvgIpc) is 3.44. The first-order chi connectivity index (χ1) is 26.1. The summed E-state index contributed by atoms with van der Waals surface area (Å²) < 4.78 is 12.4. The van der Waals surface area contributed by atoms with Gasteiger partial charge in [-0.15, -0.1) is 0 Å². The number of carbonyl (C=O) groups excluding carboxylic acids is 1. The van der Waals surface area contributed by atoms with Gasteiger partial charge in [0.25, 0.3) is 5.91 Å². The predicted octanol–water partition coefficient (Wildman–Crippen LogP) is 6.05. The zero-order chi connectivity index (χ0) is 38.2. The number of fused-ring (bicyclic) bond motifs is 6. The first kappa shape index (κ1) is 37.8. The van der Waals surface area contributed by atoms with Crippen LogP contribution < -0.4 is 37.9 Å². The van der Waals surface area contributed by atoms with Crippen LogP contribution in [-0.2, 0) is 21.5 Å². The van der Waals surface area contributed by atoms with Gasteiger partial charge in [-0.05, 0) is 91.3 Å². The molecule has 1 aliphatic heterocycles. The number of carbonyl (C=O) groups is 1. The molecule has 2 aliphatic rings. The summed E-state index contributed by atoms with van der Waals surface area (Å²) in [6.45, 7) is 12.3. The summed E-state index contributed by atoms with van der Waals surface area (Å²) >= 11 is 5.58. The van der Waals surface area contributed by atoms with Gasteiger partial charge in [-0.1, -0.05) is 56.3 Å². The number of nitrogens with two attached hydrogens (primary N) is 2. The minimum absolute atomic E-state index is 0.108. The average molecular weight is 746 g/mol. The molecule has 1 aliphatic carbocycles. The maximum Gasteiger partial charge on any atom is 0.251 e. The van der Waals surface area contributed by atoms with E-state index in [4.69, 9.17) is 33.3 Å². The highest BCUT2D eigenvalue weighted by Gasteiger charge is 2.50. The molecule has 12 heteroatoms. The van der Waals surface area contributed by atoms with E-state index >= 15 is 0 Å². The number of benzene rings is 4. The van der Waals surface area contributed by atoms with E-state index in [1.54, 1.807) is 36.5 Å². The smallest absolute Gasteiger partial charge is 0.251 e. The largest absolute Gasteiger partial charge is 0.508 e. The molecular formula is C42H47N7O4S. The van der Waals surface area contributed by atoms with E-state index in [1.807, 2.05) is 36.4 Å². The van der Waals surface area contributed by atoms with E-state index in [1.165, 1.54) is 5.01 Å². The molecule has 280 valence electrons. The van der Waals surface area contributed by atoms with E-state index in [0.29, 0.717) is 72.8 Å². The van der Waals surface area contributed by atoms with Gasteiger partial charge in [-0.2, -0.15) is 0 Å².